The standard InChI is InChI=1S/C17H15NO2/c1-11-6-3-4-8-13(11)10-18-15-12(2)7-5-9-14(15)16(19)17(18)20/h3-9H,10H2,1-2H3. The van der Waals surface area contributed by atoms with E-state index >= 15 is 0 Å². The van der Waals surface area contributed by atoms with E-state index < -0.39 is 11.7 Å². The Kier molecular flexibility index (Phi) is 2.90. The molecule has 1 heterocycles. The molecule has 3 rings (SSSR count). The fraction of sp³-hybridized carbons (Fsp3) is 0.176. The summed E-state index contributed by atoms with van der Waals surface area (Å²) in [7, 11) is 0. The Morgan fingerprint density at radius 3 is 2.35 bits per heavy atom. The minimum atomic E-state index is -0.433. The molecule has 0 atom stereocenters. The molecular formula is C17H15NO2. The van der Waals surface area contributed by atoms with Gasteiger partial charge in [0.1, 0.15) is 0 Å². The summed E-state index contributed by atoms with van der Waals surface area (Å²) in [5.41, 5.74) is 4.41. The van der Waals surface area contributed by atoms with E-state index in [9.17, 15) is 9.59 Å². The van der Waals surface area contributed by atoms with Gasteiger partial charge in [-0.1, -0.05) is 36.4 Å². The molecular weight excluding hydrogens is 250 g/mol. The number of para-hydroxylation sites is 1. The van der Waals surface area contributed by atoms with E-state index in [0.717, 1.165) is 22.4 Å². The fourth-order valence-electron chi connectivity index (χ4n) is 2.65. The highest BCUT2D eigenvalue weighted by atomic mass is 16.2. The normalized spacial score (nSPS) is 13.8. The highest BCUT2D eigenvalue weighted by molar-refractivity contribution is 6.52. The summed E-state index contributed by atoms with van der Waals surface area (Å²) in [6.45, 7) is 4.38. The summed E-state index contributed by atoms with van der Waals surface area (Å²) < 4.78 is 0. The van der Waals surface area contributed by atoms with Crippen LogP contribution >= 0.6 is 0 Å². The van der Waals surface area contributed by atoms with Crippen LogP contribution in [0.3, 0.4) is 0 Å². The molecule has 0 saturated heterocycles. The fourth-order valence-corrected chi connectivity index (χ4v) is 2.65. The second kappa shape index (κ2) is 4.60. The number of benzene rings is 2. The molecule has 20 heavy (non-hydrogen) atoms. The molecule has 0 N–H and O–H groups in total. The summed E-state index contributed by atoms with van der Waals surface area (Å²) in [4.78, 5) is 25.8. The Bertz CT molecular complexity index is 719. The lowest BCUT2D eigenvalue weighted by atomic mass is 10.1. The smallest absolute Gasteiger partial charge is 0.299 e. The van der Waals surface area contributed by atoms with Crippen molar-refractivity contribution in [2.24, 2.45) is 0 Å². The van der Waals surface area contributed by atoms with Gasteiger partial charge in [0.05, 0.1) is 17.8 Å². The van der Waals surface area contributed by atoms with Crippen molar-refractivity contribution in [1.82, 2.24) is 0 Å². The molecule has 0 radical (unpaired) electrons. The van der Waals surface area contributed by atoms with E-state index in [1.807, 2.05) is 50.2 Å². The molecule has 1 aliphatic heterocycles. The Morgan fingerprint density at radius 2 is 1.60 bits per heavy atom. The zero-order valence-corrected chi connectivity index (χ0v) is 11.5. The first kappa shape index (κ1) is 12.6. The summed E-state index contributed by atoms with van der Waals surface area (Å²) >= 11 is 0. The first-order valence-corrected chi connectivity index (χ1v) is 6.60. The summed E-state index contributed by atoms with van der Waals surface area (Å²) in [5.74, 6) is -0.838. The molecule has 3 nitrogen and oxygen atoms in total. The van der Waals surface area contributed by atoms with Gasteiger partial charge in [0.15, 0.2) is 0 Å². The van der Waals surface area contributed by atoms with Gasteiger partial charge < -0.3 is 4.90 Å². The molecule has 0 aromatic heterocycles. The lowest BCUT2D eigenvalue weighted by molar-refractivity contribution is -0.114. The first-order valence-electron chi connectivity index (χ1n) is 6.60. The minimum Gasteiger partial charge on any atom is -0.300 e. The number of carbonyl (C=O) groups excluding carboxylic acids is 2. The lowest BCUT2D eigenvalue weighted by Crippen LogP contribution is -2.29. The summed E-state index contributed by atoms with van der Waals surface area (Å²) in [5, 5.41) is 0. The van der Waals surface area contributed by atoms with Crippen LogP contribution in [0, 0.1) is 13.8 Å². The van der Waals surface area contributed by atoms with Crippen LogP contribution in [0.1, 0.15) is 27.0 Å². The van der Waals surface area contributed by atoms with Gasteiger partial charge in [0.2, 0.25) is 0 Å². The van der Waals surface area contributed by atoms with E-state index in [4.69, 9.17) is 0 Å². The second-order valence-corrected chi connectivity index (χ2v) is 5.12. The van der Waals surface area contributed by atoms with Crippen LogP contribution in [0.2, 0.25) is 0 Å². The third-order valence-corrected chi connectivity index (χ3v) is 3.78. The van der Waals surface area contributed by atoms with Crippen molar-refractivity contribution < 1.29 is 9.59 Å². The van der Waals surface area contributed by atoms with E-state index in [-0.39, 0.29) is 0 Å². The molecule has 0 aliphatic carbocycles. The third kappa shape index (κ3) is 1.83. The Balaban J connectivity index is 2.06. The van der Waals surface area contributed by atoms with Gasteiger partial charge in [-0.3, -0.25) is 9.59 Å². The number of hydrogen-bond acceptors (Lipinski definition) is 2. The zero-order valence-electron chi connectivity index (χ0n) is 11.5. The zero-order chi connectivity index (χ0) is 14.3. The molecule has 0 fully saturated rings. The van der Waals surface area contributed by atoms with Gasteiger partial charge in [-0.15, -0.1) is 0 Å². The lowest BCUT2D eigenvalue weighted by Gasteiger charge is -2.19. The summed E-state index contributed by atoms with van der Waals surface area (Å²) in [6.07, 6.45) is 0. The van der Waals surface area contributed by atoms with Crippen LogP contribution in [0.25, 0.3) is 0 Å². The molecule has 0 bridgehead atoms. The maximum absolute atomic E-state index is 12.2. The predicted octanol–water partition coefficient (Wildman–Crippen LogP) is 3.03. The van der Waals surface area contributed by atoms with Crippen LogP contribution in [-0.4, -0.2) is 11.7 Å². The monoisotopic (exact) mass is 265 g/mol. The molecule has 1 aliphatic rings. The number of rotatable bonds is 2. The SMILES string of the molecule is Cc1ccccc1CN1C(=O)C(=O)c2cccc(C)c21. The van der Waals surface area contributed by atoms with Crippen molar-refractivity contribution in [3.63, 3.8) is 0 Å². The number of ketones is 1. The quantitative estimate of drug-likeness (QED) is 0.783. The molecule has 100 valence electrons. The average Bonchev–Trinajstić information content (AvgIpc) is 2.68. The highest BCUT2D eigenvalue weighted by Gasteiger charge is 2.36. The van der Waals surface area contributed by atoms with Crippen LogP contribution in [-0.2, 0) is 11.3 Å². The molecule has 0 saturated carbocycles. The molecule has 1 amide bonds. The van der Waals surface area contributed by atoms with Crippen LogP contribution < -0.4 is 4.90 Å². The van der Waals surface area contributed by atoms with Crippen molar-refractivity contribution >= 4 is 17.4 Å². The number of carbonyl (C=O) groups is 2. The van der Waals surface area contributed by atoms with Crippen LogP contribution in [0.4, 0.5) is 5.69 Å². The van der Waals surface area contributed by atoms with Crippen molar-refractivity contribution in [1.29, 1.82) is 0 Å². The van der Waals surface area contributed by atoms with Crippen molar-refractivity contribution in [2.45, 2.75) is 20.4 Å². The Labute approximate surface area is 117 Å². The van der Waals surface area contributed by atoms with Gasteiger partial charge in [-0.05, 0) is 36.6 Å². The van der Waals surface area contributed by atoms with Gasteiger partial charge in [0.25, 0.3) is 11.7 Å². The first-order chi connectivity index (χ1) is 9.59. The highest BCUT2D eigenvalue weighted by Crippen LogP contribution is 2.33. The molecule has 0 spiro atoms. The number of nitrogens with zero attached hydrogens (tertiary/aromatic N) is 1. The molecule has 3 heteroatoms. The van der Waals surface area contributed by atoms with Crippen LogP contribution in [0.5, 0.6) is 0 Å². The summed E-state index contributed by atoms with van der Waals surface area (Å²) in [6, 6.07) is 13.4. The van der Waals surface area contributed by atoms with Gasteiger partial charge in [0, 0.05) is 0 Å². The number of aryl methyl sites for hydroxylation is 2. The largest absolute Gasteiger partial charge is 0.300 e. The van der Waals surface area contributed by atoms with E-state index in [2.05, 4.69) is 0 Å². The minimum absolute atomic E-state index is 0.405. The maximum atomic E-state index is 12.2. The molecule has 2 aromatic rings. The van der Waals surface area contributed by atoms with Crippen molar-refractivity contribution in [3.8, 4) is 0 Å². The second-order valence-electron chi connectivity index (χ2n) is 5.12. The van der Waals surface area contributed by atoms with Crippen molar-refractivity contribution in [2.75, 3.05) is 4.90 Å². The van der Waals surface area contributed by atoms with Gasteiger partial charge in [-0.25, -0.2) is 0 Å². The van der Waals surface area contributed by atoms with Gasteiger partial charge >= 0.3 is 0 Å². The third-order valence-electron chi connectivity index (χ3n) is 3.78. The number of amides is 1. The van der Waals surface area contributed by atoms with E-state index in [0.29, 0.717) is 12.1 Å². The molecule has 2 aromatic carbocycles. The number of Topliss-reactive ketones (excluding diaryl/α,β-unsaturated/α-hetero) is 1. The number of anilines is 1. The van der Waals surface area contributed by atoms with E-state index in [1.54, 1.807) is 11.0 Å². The predicted molar refractivity (Wildman–Crippen MR) is 77.9 cm³/mol. The van der Waals surface area contributed by atoms with Crippen LogP contribution in [0.15, 0.2) is 42.5 Å². The number of hydrogen-bond donors (Lipinski definition) is 0. The number of fused-ring (bicyclic) bond motifs is 1. The van der Waals surface area contributed by atoms with Crippen molar-refractivity contribution in [3.05, 3.63) is 64.7 Å². The average molecular weight is 265 g/mol. The topological polar surface area (TPSA) is 37.4 Å². The molecule has 0 unspecified atom stereocenters. The van der Waals surface area contributed by atoms with Gasteiger partial charge in [-0.2, -0.15) is 0 Å². The Hall–Kier alpha value is -2.42. The Morgan fingerprint density at radius 1 is 0.900 bits per heavy atom. The maximum Gasteiger partial charge on any atom is 0.299 e. The van der Waals surface area contributed by atoms with E-state index in [1.165, 1.54) is 0 Å².